The van der Waals surface area contributed by atoms with Gasteiger partial charge in [-0.15, -0.1) is 0 Å². The van der Waals surface area contributed by atoms with Crippen molar-refractivity contribution in [2.24, 2.45) is 0 Å². The van der Waals surface area contributed by atoms with Crippen LogP contribution in [0.15, 0.2) is 84.9 Å². The van der Waals surface area contributed by atoms with Crippen molar-refractivity contribution in [2.45, 2.75) is 6.92 Å². The molecule has 0 saturated carbocycles. The molecule has 0 bridgehead atoms. The van der Waals surface area contributed by atoms with Crippen LogP contribution in [0.1, 0.15) is 17.3 Å². The fourth-order valence-corrected chi connectivity index (χ4v) is 3.46. The lowest BCUT2D eigenvalue weighted by Gasteiger charge is -2.20. The zero-order valence-electron chi connectivity index (χ0n) is 18.4. The molecule has 0 aliphatic heterocycles. The highest BCUT2D eigenvalue weighted by atomic mass is 19.1. The summed E-state index contributed by atoms with van der Waals surface area (Å²) < 4.78 is 28.1. The Hall–Kier alpha value is -4.33. The molecule has 34 heavy (non-hydrogen) atoms. The Kier molecular flexibility index (Phi) is 6.77. The Bertz CT molecular complexity index is 1290. The molecule has 1 heterocycles. The highest BCUT2D eigenvalue weighted by Gasteiger charge is 2.20. The maximum absolute atomic E-state index is 13.4. The van der Waals surface area contributed by atoms with Gasteiger partial charge in [-0.1, -0.05) is 30.3 Å². The van der Waals surface area contributed by atoms with Crippen LogP contribution in [-0.2, 0) is 4.79 Å². The van der Waals surface area contributed by atoms with Crippen LogP contribution in [0.2, 0.25) is 0 Å². The minimum atomic E-state index is -0.444. The van der Waals surface area contributed by atoms with Gasteiger partial charge in [-0.2, -0.15) is 5.10 Å². The van der Waals surface area contributed by atoms with E-state index in [2.05, 4.69) is 10.4 Å². The first kappa shape index (κ1) is 22.8. The van der Waals surface area contributed by atoms with Crippen LogP contribution in [0.3, 0.4) is 0 Å². The molecule has 0 aliphatic rings. The summed E-state index contributed by atoms with van der Waals surface area (Å²) in [6.07, 6.45) is 0. The molecule has 2 amide bonds. The lowest BCUT2D eigenvalue weighted by molar-refractivity contribution is -0.116. The minimum absolute atomic E-state index is 0.206. The molecule has 0 atom stereocenters. The molecule has 0 saturated heterocycles. The fourth-order valence-electron chi connectivity index (χ4n) is 3.46. The minimum Gasteiger partial charge on any atom is -0.330 e. The van der Waals surface area contributed by atoms with Gasteiger partial charge in [0.05, 0.1) is 11.4 Å². The third-order valence-electron chi connectivity index (χ3n) is 5.21. The molecule has 0 unspecified atom stereocenters. The summed E-state index contributed by atoms with van der Waals surface area (Å²) >= 11 is 0. The number of nitrogens with one attached hydrogen (secondary N) is 1. The number of amides is 2. The number of likely N-dealkylation sites (N-methyl/N-ethyl adjacent to an activating group) is 1. The van der Waals surface area contributed by atoms with Crippen LogP contribution >= 0.6 is 0 Å². The first-order valence-electron chi connectivity index (χ1n) is 10.7. The van der Waals surface area contributed by atoms with Crippen LogP contribution in [-0.4, -0.2) is 39.6 Å². The van der Waals surface area contributed by atoms with Gasteiger partial charge < -0.3 is 10.2 Å². The van der Waals surface area contributed by atoms with Crippen LogP contribution in [0.5, 0.6) is 0 Å². The van der Waals surface area contributed by atoms with Crippen LogP contribution in [0, 0.1) is 11.6 Å². The summed E-state index contributed by atoms with van der Waals surface area (Å²) in [6.45, 7) is 1.84. The number of carbonyl (C=O) groups is 2. The van der Waals surface area contributed by atoms with Crippen molar-refractivity contribution in [3.05, 3.63) is 102 Å². The van der Waals surface area contributed by atoms with Crippen LogP contribution < -0.4 is 5.32 Å². The molecule has 4 rings (SSSR count). The number of aromatic nitrogens is 2. The summed E-state index contributed by atoms with van der Waals surface area (Å²) in [7, 11) is 0. The molecular weight excluding hydrogens is 438 g/mol. The predicted molar refractivity (Wildman–Crippen MR) is 126 cm³/mol. The van der Waals surface area contributed by atoms with Gasteiger partial charge >= 0.3 is 0 Å². The zero-order valence-corrected chi connectivity index (χ0v) is 18.4. The first-order chi connectivity index (χ1) is 16.4. The Balaban J connectivity index is 1.58. The largest absolute Gasteiger partial charge is 0.330 e. The standard InChI is InChI=1S/C26H22F2N4O2/c1-2-31(26(34)19-8-10-20(27)11-9-19)17-25(33)29-24-16-23(18-6-4-3-5-7-18)30-32(24)22-14-12-21(28)13-15-22/h3-16H,2,17H2,1H3,(H,29,33). The normalized spacial score (nSPS) is 10.7. The van der Waals surface area contributed by atoms with E-state index in [0.717, 1.165) is 5.56 Å². The van der Waals surface area contributed by atoms with Crippen LogP contribution in [0.25, 0.3) is 16.9 Å². The second-order valence-electron chi connectivity index (χ2n) is 7.54. The number of hydrogen-bond acceptors (Lipinski definition) is 3. The van der Waals surface area contributed by atoms with E-state index in [0.29, 0.717) is 22.8 Å². The summed E-state index contributed by atoms with van der Waals surface area (Å²) in [4.78, 5) is 27.0. The van der Waals surface area contributed by atoms with Gasteiger partial charge in [-0.05, 0) is 55.5 Å². The fraction of sp³-hybridized carbons (Fsp3) is 0.115. The molecule has 0 spiro atoms. The number of rotatable bonds is 7. The molecular formula is C26H22F2N4O2. The van der Waals surface area contributed by atoms with Gasteiger partial charge in [-0.3, -0.25) is 9.59 Å². The molecule has 172 valence electrons. The van der Waals surface area contributed by atoms with E-state index >= 15 is 0 Å². The maximum Gasteiger partial charge on any atom is 0.254 e. The number of nitrogens with zero attached hydrogens (tertiary/aromatic N) is 3. The van der Waals surface area contributed by atoms with Gasteiger partial charge in [0.1, 0.15) is 24.0 Å². The Morgan fingerprint density at radius 2 is 1.53 bits per heavy atom. The molecule has 1 aromatic heterocycles. The second kappa shape index (κ2) is 10.1. The number of anilines is 1. The topological polar surface area (TPSA) is 67.2 Å². The smallest absolute Gasteiger partial charge is 0.254 e. The molecule has 0 radical (unpaired) electrons. The van der Waals surface area contributed by atoms with E-state index in [-0.39, 0.29) is 24.8 Å². The van der Waals surface area contributed by atoms with E-state index in [1.807, 2.05) is 30.3 Å². The van der Waals surface area contributed by atoms with E-state index in [9.17, 15) is 18.4 Å². The Labute approximate surface area is 195 Å². The van der Waals surface area contributed by atoms with Crippen molar-refractivity contribution in [1.29, 1.82) is 0 Å². The Morgan fingerprint density at radius 3 is 2.15 bits per heavy atom. The van der Waals surface area contributed by atoms with Crippen molar-refractivity contribution in [2.75, 3.05) is 18.4 Å². The molecule has 0 aliphatic carbocycles. The summed E-state index contributed by atoms with van der Waals surface area (Å²) in [5, 5.41) is 7.40. The number of hydrogen-bond donors (Lipinski definition) is 1. The quantitative estimate of drug-likeness (QED) is 0.426. The van der Waals surface area contributed by atoms with Crippen molar-refractivity contribution in [1.82, 2.24) is 14.7 Å². The number of carbonyl (C=O) groups excluding carboxylic acids is 2. The van der Waals surface area contributed by atoms with Crippen molar-refractivity contribution >= 4 is 17.6 Å². The number of halogens is 2. The third kappa shape index (κ3) is 5.17. The summed E-state index contributed by atoms with van der Waals surface area (Å²) in [6, 6.07) is 22.1. The average molecular weight is 460 g/mol. The second-order valence-corrected chi connectivity index (χ2v) is 7.54. The molecule has 6 nitrogen and oxygen atoms in total. The van der Waals surface area contributed by atoms with Gasteiger partial charge in [0.2, 0.25) is 5.91 Å². The molecule has 4 aromatic rings. The van der Waals surface area contributed by atoms with E-state index in [1.54, 1.807) is 25.1 Å². The SMILES string of the molecule is CCN(CC(=O)Nc1cc(-c2ccccc2)nn1-c1ccc(F)cc1)C(=O)c1ccc(F)cc1. The van der Waals surface area contributed by atoms with Gasteiger partial charge in [-0.25, -0.2) is 13.5 Å². The van der Waals surface area contributed by atoms with Gasteiger partial charge in [0.25, 0.3) is 5.91 Å². The predicted octanol–water partition coefficient (Wildman–Crippen LogP) is 4.92. The molecule has 0 fully saturated rings. The molecule has 1 N–H and O–H groups in total. The van der Waals surface area contributed by atoms with Crippen molar-refractivity contribution in [3.8, 4) is 16.9 Å². The highest BCUT2D eigenvalue weighted by molar-refractivity contribution is 5.99. The number of benzene rings is 3. The Morgan fingerprint density at radius 1 is 0.912 bits per heavy atom. The highest BCUT2D eigenvalue weighted by Crippen LogP contribution is 2.25. The third-order valence-corrected chi connectivity index (χ3v) is 5.21. The lowest BCUT2D eigenvalue weighted by Crippen LogP contribution is -2.38. The van der Waals surface area contributed by atoms with Gasteiger partial charge in [0.15, 0.2) is 0 Å². The van der Waals surface area contributed by atoms with E-state index < -0.39 is 11.7 Å². The zero-order chi connectivity index (χ0) is 24.1. The lowest BCUT2D eigenvalue weighted by atomic mass is 10.1. The summed E-state index contributed by atoms with van der Waals surface area (Å²) in [5.74, 6) is -1.26. The average Bonchev–Trinajstić information content (AvgIpc) is 3.27. The van der Waals surface area contributed by atoms with E-state index in [1.165, 1.54) is 46.0 Å². The molecule has 3 aromatic carbocycles. The van der Waals surface area contributed by atoms with Crippen LogP contribution in [0.4, 0.5) is 14.6 Å². The van der Waals surface area contributed by atoms with Gasteiger partial charge in [0, 0.05) is 23.7 Å². The maximum atomic E-state index is 13.4. The van der Waals surface area contributed by atoms with Crippen molar-refractivity contribution in [3.63, 3.8) is 0 Å². The summed E-state index contributed by atoms with van der Waals surface area (Å²) in [5.41, 5.74) is 2.32. The monoisotopic (exact) mass is 460 g/mol. The van der Waals surface area contributed by atoms with E-state index in [4.69, 9.17) is 0 Å². The molecule has 8 heteroatoms. The van der Waals surface area contributed by atoms with Crippen molar-refractivity contribution < 1.29 is 18.4 Å². The first-order valence-corrected chi connectivity index (χ1v) is 10.7.